The molecular weight excluding hydrogens is 375 g/mol. The van der Waals surface area contributed by atoms with Crippen molar-refractivity contribution in [1.82, 2.24) is 4.90 Å². The third-order valence-electron chi connectivity index (χ3n) is 4.89. The second-order valence-electron chi connectivity index (χ2n) is 6.95. The highest BCUT2D eigenvalue weighted by molar-refractivity contribution is 7.80. The molecule has 0 bridgehead atoms. The van der Waals surface area contributed by atoms with Crippen LogP contribution in [0.3, 0.4) is 0 Å². The summed E-state index contributed by atoms with van der Waals surface area (Å²) in [5, 5.41) is 6.76. The Labute approximate surface area is 170 Å². The van der Waals surface area contributed by atoms with Gasteiger partial charge in [0, 0.05) is 11.4 Å². The molecule has 1 fully saturated rings. The molecule has 0 radical (unpaired) electrons. The topological polar surface area (TPSA) is 48.8 Å². The summed E-state index contributed by atoms with van der Waals surface area (Å²) < 4.78 is 13.2. The Hall–Kier alpha value is -2.51. The summed E-state index contributed by atoms with van der Waals surface area (Å²) in [6.45, 7) is 5.74. The van der Waals surface area contributed by atoms with Gasteiger partial charge in [-0.3, -0.25) is 4.79 Å². The predicted octanol–water partition coefficient (Wildman–Crippen LogP) is 1.92. The third-order valence-corrected chi connectivity index (χ3v) is 5.25. The summed E-state index contributed by atoms with van der Waals surface area (Å²) in [5.74, 6) is -0.463. The van der Waals surface area contributed by atoms with Crippen molar-refractivity contribution in [3.05, 3.63) is 59.9 Å². The van der Waals surface area contributed by atoms with E-state index in [2.05, 4.69) is 34.6 Å². The molecule has 7 heteroatoms. The highest BCUT2D eigenvalue weighted by Gasteiger charge is 2.23. The molecule has 0 aliphatic carbocycles. The fourth-order valence-corrected chi connectivity index (χ4v) is 3.53. The summed E-state index contributed by atoms with van der Waals surface area (Å²) in [4.78, 5) is 15.5. The molecule has 148 valence electrons. The first-order chi connectivity index (χ1) is 13.5. The molecule has 1 aliphatic heterocycles. The van der Waals surface area contributed by atoms with Gasteiger partial charge in [-0.05, 0) is 54.5 Å². The lowest BCUT2D eigenvalue weighted by molar-refractivity contribution is -0.895. The zero-order valence-corrected chi connectivity index (χ0v) is 16.8. The van der Waals surface area contributed by atoms with Crippen LogP contribution in [0.5, 0.6) is 0 Å². The number of nitrogens with zero attached hydrogens (tertiary/aromatic N) is 1. The van der Waals surface area contributed by atoms with Crippen molar-refractivity contribution in [3.8, 4) is 0 Å². The number of benzene rings is 2. The number of anilines is 2. The van der Waals surface area contributed by atoms with Crippen LogP contribution < -0.4 is 15.5 Å². The van der Waals surface area contributed by atoms with Gasteiger partial charge in [0.1, 0.15) is 5.82 Å². The highest BCUT2D eigenvalue weighted by Crippen LogP contribution is 2.11. The van der Waals surface area contributed by atoms with Crippen molar-refractivity contribution < 1.29 is 14.1 Å². The normalized spacial score (nSPS) is 14.6. The van der Waals surface area contributed by atoms with Crippen LogP contribution in [0.15, 0.2) is 48.5 Å². The number of amides is 1. The molecule has 1 aliphatic rings. The number of carbonyl (C=O) groups excluding carboxylic acids is 1. The van der Waals surface area contributed by atoms with E-state index >= 15 is 0 Å². The number of hydrogen-bond acceptors (Lipinski definition) is 2. The lowest BCUT2D eigenvalue weighted by atomic mass is 10.1. The summed E-state index contributed by atoms with van der Waals surface area (Å²) in [5.41, 5.74) is 2.78. The number of nitrogens with one attached hydrogen (secondary N) is 3. The monoisotopic (exact) mass is 401 g/mol. The average Bonchev–Trinajstić information content (AvgIpc) is 2.69. The average molecular weight is 402 g/mol. The molecular formula is C21H26FN4OS+. The minimum absolute atomic E-state index is 0.106. The number of rotatable bonds is 5. The second-order valence-corrected chi connectivity index (χ2v) is 7.34. The molecule has 0 aromatic heterocycles. The Kier molecular flexibility index (Phi) is 6.95. The van der Waals surface area contributed by atoms with Crippen molar-refractivity contribution in [2.75, 3.05) is 43.4 Å². The van der Waals surface area contributed by atoms with Crippen molar-refractivity contribution in [2.24, 2.45) is 0 Å². The van der Waals surface area contributed by atoms with Crippen LogP contribution in [0.4, 0.5) is 15.8 Å². The molecule has 2 aromatic rings. The minimum atomic E-state index is -0.357. The van der Waals surface area contributed by atoms with Gasteiger partial charge in [0.15, 0.2) is 11.7 Å². The molecule has 1 saturated heterocycles. The SMILES string of the molecule is CCc1ccc(NC(=S)N2CC[NH+](CC(=O)Nc3cccc(F)c3)CC2)cc1. The fourth-order valence-electron chi connectivity index (χ4n) is 3.23. The van der Waals surface area contributed by atoms with Gasteiger partial charge in [0.2, 0.25) is 0 Å². The van der Waals surface area contributed by atoms with Crippen LogP contribution in [-0.2, 0) is 11.2 Å². The lowest BCUT2D eigenvalue weighted by Gasteiger charge is -2.33. The zero-order chi connectivity index (χ0) is 19.9. The Morgan fingerprint density at radius 3 is 2.46 bits per heavy atom. The van der Waals surface area contributed by atoms with Gasteiger partial charge in [-0.25, -0.2) is 4.39 Å². The quantitative estimate of drug-likeness (QED) is 0.670. The number of piperazine rings is 1. The van der Waals surface area contributed by atoms with E-state index in [-0.39, 0.29) is 11.7 Å². The van der Waals surface area contributed by atoms with Gasteiger partial charge in [0.05, 0.1) is 26.2 Å². The second kappa shape index (κ2) is 9.61. The van der Waals surface area contributed by atoms with E-state index in [0.29, 0.717) is 17.3 Å². The van der Waals surface area contributed by atoms with Crippen LogP contribution in [0.1, 0.15) is 12.5 Å². The van der Waals surface area contributed by atoms with Crippen LogP contribution >= 0.6 is 12.2 Å². The first kappa shape index (κ1) is 20.2. The Balaban J connectivity index is 1.43. The molecule has 2 aromatic carbocycles. The number of hydrogen-bond donors (Lipinski definition) is 3. The summed E-state index contributed by atoms with van der Waals surface area (Å²) in [6.07, 6.45) is 1.02. The van der Waals surface area contributed by atoms with E-state index in [9.17, 15) is 9.18 Å². The van der Waals surface area contributed by atoms with Crippen molar-refractivity contribution in [2.45, 2.75) is 13.3 Å². The molecule has 0 unspecified atom stereocenters. The van der Waals surface area contributed by atoms with E-state index in [4.69, 9.17) is 12.2 Å². The van der Waals surface area contributed by atoms with E-state index in [1.54, 1.807) is 12.1 Å². The predicted molar refractivity (Wildman–Crippen MR) is 114 cm³/mol. The van der Waals surface area contributed by atoms with Gasteiger partial charge in [-0.2, -0.15) is 0 Å². The fraction of sp³-hybridized carbons (Fsp3) is 0.333. The number of carbonyl (C=O) groups is 1. The van der Waals surface area contributed by atoms with Crippen molar-refractivity contribution in [1.29, 1.82) is 0 Å². The van der Waals surface area contributed by atoms with Crippen molar-refractivity contribution >= 4 is 34.6 Å². The number of halogens is 1. The Bertz CT molecular complexity index is 819. The van der Waals surface area contributed by atoms with Crippen LogP contribution in [0.2, 0.25) is 0 Å². The van der Waals surface area contributed by atoms with Gasteiger partial charge in [0.25, 0.3) is 5.91 Å². The van der Waals surface area contributed by atoms with Gasteiger partial charge in [-0.15, -0.1) is 0 Å². The lowest BCUT2D eigenvalue weighted by Crippen LogP contribution is -3.15. The highest BCUT2D eigenvalue weighted by atomic mass is 32.1. The molecule has 3 rings (SSSR count). The van der Waals surface area contributed by atoms with E-state index < -0.39 is 0 Å². The molecule has 28 heavy (non-hydrogen) atoms. The number of thiocarbonyl (C=S) groups is 1. The minimum Gasteiger partial charge on any atom is -0.338 e. The molecule has 3 N–H and O–H groups in total. The first-order valence-corrected chi connectivity index (χ1v) is 9.98. The summed E-state index contributed by atoms with van der Waals surface area (Å²) in [7, 11) is 0. The molecule has 0 spiro atoms. The standard InChI is InChI=1S/C21H25FN4OS/c1-2-16-6-8-18(9-7-16)24-21(28)26-12-10-25(11-13-26)15-20(27)23-19-5-3-4-17(22)14-19/h3-9,14H,2,10-13,15H2,1H3,(H,23,27)(H,24,28)/p+1. The molecule has 1 amide bonds. The van der Waals surface area contributed by atoms with Gasteiger partial charge >= 0.3 is 0 Å². The number of aryl methyl sites for hydroxylation is 1. The number of quaternary nitrogens is 1. The summed E-state index contributed by atoms with van der Waals surface area (Å²) >= 11 is 5.53. The van der Waals surface area contributed by atoms with E-state index in [0.717, 1.165) is 38.3 Å². The first-order valence-electron chi connectivity index (χ1n) is 9.57. The smallest absolute Gasteiger partial charge is 0.279 e. The van der Waals surface area contributed by atoms with Crippen LogP contribution in [0, 0.1) is 5.82 Å². The molecule has 0 atom stereocenters. The van der Waals surface area contributed by atoms with E-state index in [1.165, 1.54) is 22.6 Å². The largest absolute Gasteiger partial charge is 0.338 e. The van der Waals surface area contributed by atoms with Crippen molar-refractivity contribution in [3.63, 3.8) is 0 Å². The maximum atomic E-state index is 13.2. The molecule has 0 saturated carbocycles. The van der Waals surface area contributed by atoms with Crippen LogP contribution in [-0.4, -0.2) is 48.6 Å². The zero-order valence-electron chi connectivity index (χ0n) is 16.0. The van der Waals surface area contributed by atoms with Crippen LogP contribution in [0.25, 0.3) is 0 Å². The maximum Gasteiger partial charge on any atom is 0.279 e. The Morgan fingerprint density at radius 2 is 1.82 bits per heavy atom. The Morgan fingerprint density at radius 1 is 1.11 bits per heavy atom. The third kappa shape index (κ3) is 5.74. The molecule has 5 nitrogen and oxygen atoms in total. The van der Waals surface area contributed by atoms with Gasteiger partial charge in [-0.1, -0.05) is 25.1 Å². The summed E-state index contributed by atoms with van der Waals surface area (Å²) in [6, 6.07) is 14.2. The van der Waals surface area contributed by atoms with E-state index in [1.807, 2.05) is 12.1 Å². The maximum absolute atomic E-state index is 13.2. The van der Waals surface area contributed by atoms with Gasteiger partial charge < -0.3 is 20.4 Å². The molecule has 1 heterocycles.